The molecule has 0 spiro atoms. The molecule has 0 fully saturated rings. The molecule has 1 aromatic heterocycles. The first-order valence-electron chi connectivity index (χ1n) is 5.62. The number of halogens is 3. The first-order valence-corrected chi connectivity index (χ1v) is 7.67. The number of amides is 1. The Morgan fingerprint density at radius 1 is 1.45 bits per heavy atom. The van der Waals surface area contributed by atoms with Gasteiger partial charge in [0.25, 0.3) is 5.91 Å². The Hall–Kier alpha value is -1.11. The van der Waals surface area contributed by atoms with Gasteiger partial charge in [0.2, 0.25) is 0 Å². The molecule has 0 atom stereocenters. The summed E-state index contributed by atoms with van der Waals surface area (Å²) in [4.78, 5) is 12.6. The summed E-state index contributed by atoms with van der Waals surface area (Å²) in [6.07, 6.45) is 0. The van der Waals surface area contributed by atoms with Crippen molar-refractivity contribution >= 4 is 44.8 Å². The summed E-state index contributed by atoms with van der Waals surface area (Å²) < 4.78 is 19.2. The lowest BCUT2D eigenvalue weighted by molar-refractivity contribution is -0.123. The number of benzene rings is 1. The summed E-state index contributed by atoms with van der Waals surface area (Å²) in [6.45, 7) is 0.303. The van der Waals surface area contributed by atoms with Gasteiger partial charge in [-0.1, -0.05) is 11.6 Å². The monoisotopic (exact) mass is 377 g/mol. The predicted octanol–water partition coefficient (Wildman–Crippen LogP) is 4.00. The zero-order chi connectivity index (χ0) is 14.5. The highest BCUT2D eigenvalue weighted by Gasteiger charge is 2.06. The van der Waals surface area contributed by atoms with Gasteiger partial charge in [-0.25, -0.2) is 4.39 Å². The number of thiophene rings is 1. The second-order valence-corrected chi connectivity index (χ2v) is 6.19. The molecule has 0 unspecified atom stereocenters. The van der Waals surface area contributed by atoms with Crippen molar-refractivity contribution in [3.05, 3.63) is 49.8 Å². The third-order valence-corrected chi connectivity index (χ3v) is 4.33. The van der Waals surface area contributed by atoms with E-state index in [1.54, 1.807) is 11.3 Å². The van der Waals surface area contributed by atoms with Gasteiger partial charge in [0.15, 0.2) is 6.61 Å². The molecule has 1 heterocycles. The van der Waals surface area contributed by atoms with E-state index in [9.17, 15) is 9.18 Å². The van der Waals surface area contributed by atoms with Gasteiger partial charge in [-0.15, -0.1) is 11.3 Å². The van der Waals surface area contributed by atoms with Crippen LogP contribution in [0, 0.1) is 5.82 Å². The highest BCUT2D eigenvalue weighted by atomic mass is 79.9. The Labute approximate surface area is 132 Å². The summed E-state index contributed by atoms with van der Waals surface area (Å²) in [5.41, 5.74) is 0. The number of ether oxygens (including phenoxy) is 1. The standard InChI is InChI=1S/C13H10BrClFNO2S/c14-8-3-10(20-7-8)5-17-13(18)6-19-9-1-2-12(16)11(15)4-9/h1-4,7H,5-6H2,(H,17,18). The van der Waals surface area contributed by atoms with Crippen LogP contribution in [0.1, 0.15) is 4.88 Å². The minimum Gasteiger partial charge on any atom is -0.484 e. The first-order chi connectivity index (χ1) is 9.54. The van der Waals surface area contributed by atoms with Crippen molar-refractivity contribution in [2.24, 2.45) is 0 Å². The summed E-state index contributed by atoms with van der Waals surface area (Å²) in [5, 5.41) is 4.63. The van der Waals surface area contributed by atoms with E-state index in [1.165, 1.54) is 18.2 Å². The van der Waals surface area contributed by atoms with E-state index in [2.05, 4.69) is 21.2 Å². The van der Waals surface area contributed by atoms with Crippen LogP contribution < -0.4 is 10.1 Å². The molecule has 2 rings (SSSR count). The van der Waals surface area contributed by atoms with Crippen LogP contribution in [0.3, 0.4) is 0 Å². The summed E-state index contributed by atoms with van der Waals surface area (Å²) in [7, 11) is 0. The molecule has 1 aromatic carbocycles. The van der Waals surface area contributed by atoms with Crippen molar-refractivity contribution in [3.63, 3.8) is 0 Å². The van der Waals surface area contributed by atoms with E-state index >= 15 is 0 Å². The van der Waals surface area contributed by atoms with E-state index in [0.717, 1.165) is 9.35 Å². The van der Waals surface area contributed by atoms with Crippen molar-refractivity contribution in [1.29, 1.82) is 0 Å². The maximum absolute atomic E-state index is 12.9. The molecule has 7 heteroatoms. The zero-order valence-electron chi connectivity index (χ0n) is 10.2. The Morgan fingerprint density at radius 3 is 2.90 bits per heavy atom. The van der Waals surface area contributed by atoms with Crippen LogP contribution in [0.4, 0.5) is 4.39 Å². The second kappa shape index (κ2) is 7.06. The van der Waals surface area contributed by atoms with E-state index in [1.807, 2.05) is 11.4 Å². The largest absolute Gasteiger partial charge is 0.484 e. The fraction of sp³-hybridized carbons (Fsp3) is 0.154. The van der Waals surface area contributed by atoms with E-state index in [0.29, 0.717) is 12.3 Å². The van der Waals surface area contributed by atoms with E-state index < -0.39 is 5.82 Å². The highest BCUT2D eigenvalue weighted by molar-refractivity contribution is 9.10. The minimum absolute atomic E-state index is 0.0358. The minimum atomic E-state index is -0.522. The molecule has 0 aliphatic carbocycles. The number of nitrogens with one attached hydrogen (secondary N) is 1. The van der Waals surface area contributed by atoms with Gasteiger partial charge in [0.05, 0.1) is 11.6 Å². The number of rotatable bonds is 5. The topological polar surface area (TPSA) is 38.3 Å². The van der Waals surface area contributed by atoms with Crippen molar-refractivity contribution in [1.82, 2.24) is 5.32 Å². The molecule has 106 valence electrons. The quantitative estimate of drug-likeness (QED) is 0.854. The van der Waals surface area contributed by atoms with Gasteiger partial charge in [-0.3, -0.25) is 4.79 Å². The molecule has 1 amide bonds. The van der Waals surface area contributed by atoms with Crippen LogP contribution in [0.2, 0.25) is 5.02 Å². The Morgan fingerprint density at radius 2 is 2.25 bits per heavy atom. The molecule has 0 radical (unpaired) electrons. The molecule has 0 aliphatic heterocycles. The van der Waals surface area contributed by atoms with Gasteiger partial charge in [0.1, 0.15) is 11.6 Å². The van der Waals surface area contributed by atoms with Crippen molar-refractivity contribution in [2.75, 3.05) is 6.61 Å². The van der Waals surface area contributed by atoms with Gasteiger partial charge in [-0.05, 0) is 34.1 Å². The summed E-state index contributed by atoms with van der Waals surface area (Å²) >= 11 is 10.5. The molecular formula is C13H10BrClFNO2S. The Kier molecular flexibility index (Phi) is 5.39. The number of carbonyl (C=O) groups excluding carboxylic acids is 1. The van der Waals surface area contributed by atoms with Crippen LogP contribution in [0.15, 0.2) is 34.1 Å². The average Bonchev–Trinajstić information content (AvgIpc) is 2.83. The van der Waals surface area contributed by atoms with Crippen LogP contribution in [0.5, 0.6) is 5.75 Å². The SMILES string of the molecule is O=C(COc1ccc(F)c(Cl)c1)NCc1cc(Br)cs1. The second-order valence-electron chi connectivity index (χ2n) is 3.87. The number of carbonyl (C=O) groups is 1. The van der Waals surface area contributed by atoms with Gasteiger partial charge in [-0.2, -0.15) is 0 Å². The van der Waals surface area contributed by atoms with Crippen molar-refractivity contribution in [3.8, 4) is 5.75 Å². The smallest absolute Gasteiger partial charge is 0.258 e. The normalized spacial score (nSPS) is 10.3. The lowest BCUT2D eigenvalue weighted by atomic mass is 10.3. The number of hydrogen-bond donors (Lipinski definition) is 1. The van der Waals surface area contributed by atoms with Crippen molar-refractivity contribution < 1.29 is 13.9 Å². The Balaban J connectivity index is 1.78. The fourth-order valence-corrected chi connectivity index (χ4v) is 2.96. The predicted molar refractivity (Wildman–Crippen MR) is 80.8 cm³/mol. The summed E-state index contributed by atoms with van der Waals surface area (Å²) in [6, 6.07) is 5.88. The molecule has 0 bridgehead atoms. The molecule has 0 saturated heterocycles. The van der Waals surface area contributed by atoms with Crippen LogP contribution in [-0.4, -0.2) is 12.5 Å². The Bertz CT molecular complexity index is 620. The fourth-order valence-electron chi connectivity index (χ4n) is 1.40. The summed E-state index contributed by atoms with van der Waals surface area (Å²) in [5.74, 6) is -0.424. The van der Waals surface area contributed by atoms with Crippen molar-refractivity contribution in [2.45, 2.75) is 6.54 Å². The highest BCUT2D eigenvalue weighted by Crippen LogP contribution is 2.21. The molecule has 3 nitrogen and oxygen atoms in total. The molecule has 0 aliphatic rings. The van der Waals surface area contributed by atoms with Crippen LogP contribution in [0.25, 0.3) is 0 Å². The maximum Gasteiger partial charge on any atom is 0.258 e. The molecule has 1 N–H and O–H groups in total. The first kappa shape index (κ1) is 15.3. The lowest BCUT2D eigenvalue weighted by Gasteiger charge is -2.07. The van der Waals surface area contributed by atoms with Gasteiger partial charge in [0, 0.05) is 20.8 Å². The molecule has 0 saturated carbocycles. The third-order valence-electron chi connectivity index (χ3n) is 2.34. The van der Waals surface area contributed by atoms with Crippen LogP contribution in [-0.2, 0) is 11.3 Å². The maximum atomic E-state index is 12.9. The molecule has 2 aromatic rings. The third kappa shape index (κ3) is 4.47. The molecular weight excluding hydrogens is 369 g/mol. The molecule has 20 heavy (non-hydrogen) atoms. The zero-order valence-corrected chi connectivity index (χ0v) is 13.3. The van der Waals surface area contributed by atoms with Gasteiger partial charge >= 0.3 is 0 Å². The lowest BCUT2D eigenvalue weighted by Crippen LogP contribution is -2.28. The van der Waals surface area contributed by atoms with Crippen LogP contribution >= 0.6 is 38.9 Å². The van der Waals surface area contributed by atoms with E-state index in [-0.39, 0.29) is 17.5 Å². The average molecular weight is 379 g/mol. The van der Waals surface area contributed by atoms with E-state index in [4.69, 9.17) is 16.3 Å². The number of hydrogen-bond acceptors (Lipinski definition) is 3. The van der Waals surface area contributed by atoms with Gasteiger partial charge < -0.3 is 10.1 Å².